The average Bonchev–Trinajstić information content (AvgIpc) is 1.62. The molecule has 3 aromatic carbocycles. The summed E-state index contributed by atoms with van der Waals surface area (Å²) in [5, 5.41) is 25.7. The monoisotopic (exact) mass is 1500 g/mol. The third-order valence-electron chi connectivity index (χ3n) is 16.9. The molecule has 586 valence electrons. The first-order valence-electron chi connectivity index (χ1n) is 36.0. The summed E-state index contributed by atoms with van der Waals surface area (Å²) in [5.41, 5.74) is 3.72. The van der Waals surface area contributed by atoms with Crippen LogP contribution in [0.3, 0.4) is 0 Å². The van der Waals surface area contributed by atoms with Crippen LogP contribution in [-0.2, 0) is 78.0 Å². The zero-order valence-corrected chi connectivity index (χ0v) is 62.1. The van der Waals surface area contributed by atoms with Crippen molar-refractivity contribution in [2.75, 3.05) is 156 Å². The van der Waals surface area contributed by atoms with E-state index in [-0.39, 0.29) is 92.9 Å². The molecule has 0 unspecified atom stereocenters. The number of nitrogens with one attached hydrogen (secondary N) is 5. The molecule has 0 saturated carbocycles. The summed E-state index contributed by atoms with van der Waals surface area (Å²) >= 11 is 0. The van der Waals surface area contributed by atoms with Crippen LogP contribution in [0.15, 0.2) is 89.2 Å². The number of carbonyl (C=O) groups excluding carboxylic acids is 9. The number of allylic oxidation sites excluding steroid dienone is 1. The zero-order chi connectivity index (χ0) is 76.9. The van der Waals surface area contributed by atoms with Gasteiger partial charge in [0.2, 0.25) is 23.6 Å². The van der Waals surface area contributed by atoms with Crippen LogP contribution in [0.1, 0.15) is 112 Å². The smallest absolute Gasteiger partial charge is 0.416 e. The summed E-state index contributed by atoms with van der Waals surface area (Å²) in [4.78, 5) is 124. The van der Waals surface area contributed by atoms with Crippen molar-refractivity contribution in [3.8, 4) is 23.0 Å². The average molecular weight is 1500 g/mol. The first kappa shape index (κ1) is 84.9. The van der Waals surface area contributed by atoms with E-state index in [9.17, 15) is 48.3 Å². The number of benzene rings is 3. The molecule has 4 heterocycles. The van der Waals surface area contributed by atoms with Gasteiger partial charge < -0.3 is 98.2 Å². The van der Waals surface area contributed by atoms with Crippen LogP contribution in [0.25, 0.3) is 0 Å². The molecule has 7 rings (SSSR count). The van der Waals surface area contributed by atoms with Gasteiger partial charge in [-0.3, -0.25) is 48.2 Å². The van der Waals surface area contributed by atoms with E-state index in [4.69, 9.17) is 61.6 Å². The van der Waals surface area contributed by atoms with Crippen LogP contribution in [-0.4, -0.2) is 245 Å². The molecule has 0 fully saturated rings. The molecule has 0 radical (unpaired) electrons. The Morgan fingerprint density at radius 2 is 1.17 bits per heavy atom. The largest absolute Gasteiger partial charge is 0.493 e. The second-order valence-electron chi connectivity index (χ2n) is 25.5. The molecule has 107 heavy (non-hydrogen) atoms. The second-order valence-corrected chi connectivity index (χ2v) is 25.5. The molecule has 3 aromatic rings. The number of methoxy groups -OCH3 is 2. The number of unbranched alkanes of at least 4 members (excludes halogenated alkanes) is 2. The number of aliphatic imine (C=N–C) groups is 1. The summed E-state index contributed by atoms with van der Waals surface area (Å²) in [6.45, 7) is 14.9. The third kappa shape index (κ3) is 28.0. The summed E-state index contributed by atoms with van der Waals surface area (Å²) in [6, 6.07) is 9.98. The predicted octanol–water partition coefficient (Wildman–Crippen LogP) is 5.59. The summed E-state index contributed by atoms with van der Waals surface area (Å²) < 4.78 is 73.5. The number of anilines is 2. The van der Waals surface area contributed by atoms with Crippen molar-refractivity contribution in [3.63, 3.8) is 0 Å². The maximum absolute atomic E-state index is 14.3. The van der Waals surface area contributed by atoms with Crippen molar-refractivity contribution in [3.05, 3.63) is 101 Å². The minimum Gasteiger partial charge on any atom is -0.493 e. The molecule has 4 atom stereocenters. The molecule has 6 N–H and O–H groups in total. The lowest BCUT2D eigenvalue weighted by molar-refractivity contribution is -0.137. The second kappa shape index (κ2) is 46.0. The lowest BCUT2D eigenvalue weighted by Gasteiger charge is -2.31. The van der Waals surface area contributed by atoms with Crippen molar-refractivity contribution < 1.29 is 110 Å². The first-order valence-corrected chi connectivity index (χ1v) is 36.0. The molecular formula is C75H103N9O23. The number of nitrogens with zero attached hydrogens (tertiary/aromatic N) is 4. The van der Waals surface area contributed by atoms with Crippen molar-refractivity contribution in [1.82, 2.24) is 31.1 Å². The van der Waals surface area contributed by atoms with Gasteiger partial charge in [-0.15, -0.1) is 0 Å². The number of imide groups is 1. The minimum absolute atomic E-state index is 0.0154. The number of amides is 9. The number of hydrogen-bond donors (Lipinski definition) is 6. The molecule has 0 saturated heterocycles. The molecule has 0 aliphatic carbocycles. The first-order chi connectivity index (χ1) is 51.8. The van der Waals surface area contributed by atoms with Crippen molar-refractivity contribution in [1.29, 1.82) is 0 Å². The summed E-state index contributed by atoms with van der Waals surface area (Å²) in [5.74, 6) is -2.39. The predicted molar refractivity (Wildman–Crippen MR) is 391 cm³/mol. The van der Waals surface area contributed by atoms with Gasteiger partial charge in [0.1, 0.15) is 18.7 Å². The molecule has 32 heteroatoms. The quantitative estimate of drug-likeness (QED) is 0.0296. The summed E-state index contributed by atoms with van der Waals surface area (Å²) in [6.07, 6.45) is 8.71. The highest BCUT2D eigenvalue weighted by Gasteiger charge is 2.45. The van der Waals surface area contributed by atoms with E-state index >= 15 is 0 Å². The zero-order valence-electron chi connectivity index (χ0n) is 62.1. The van der Waals surface area contributed by atoms with Gasteiger partial charge in [0.05, 0.1) is 162 Å². The van der Waals surface area contributed by atoms with Crippen LogP contribution in [0.5, 0.6) is 23.0 Å². The highest BCUT2D eigenvalue weighted by Crippen LogP contribution is 2.42. The molecular weight excluding hydrogens is 1390 g/mol. The Balaban J connectivity index is 0.719. The van der Waals surface area contributed by atoms with E-state index < -0.39 is 65.9 Å². The fourth-order valence-electron chi connectivity index (χ4n) is 11.1. The van der Waals surface area contributed by atoms with Gasteiger partial charge in [-0.05, 0) is 95.0 Å². The van der Waals surface area contributed by atoms with Crippen LogP contribution < -0.4 is 50.4 Å². The van der Waals surface area contributed by atoms with Crippen molar-refractivity contribution in [2.45, 2.75) is 117 Å². The number of hydrogen-bond acceptors (Lipinski definition) is 24. The van der Waals surface area contributed by atoms with Gasteiger partial charge in [0.15, 0.2) is 29.2 Å². The third-order valence-corrected chi connectivity index (χ3v) is 16.9. The summed E-state index contributed by atoms with van der Waals surface area (Å²) in [7, 11) is 2.94. The SMILES string of the molecule is COc1cc2c(cc1OCCCCCOc1cc3c(cc1OC)C(=O)N1C=C(C)C[C@H]1[C@H](O)N3C(=O)OCc1ccc(NC(=O)[C@H](C)NC(=O)[C@@H](NC(=O)CCOCCOCCOCCOCCOCCOCCOCCOCCNC(=O)CCN3C(=O)C=CC3=O)C(C)C)cc1)N=CCC/C(C)=C\NC2=O. The molecule has 4 aliphatic heterocycles. The van der Waals surface area contributed by atoms with E-state index in [0.717, 1.165) is 27.4 Å². The molecule has 4 aliphatic rings. The van der Waals surface area contributed by atoms with Crippen LogP contribution >= 0.6 is 0 Å². The Kier molecular flexibility index (Phi) is 36.5. The Hall–Kier alpha value is -9.38. The standard InChI is InChI=1S/C75H103N9O23/c1-50(2)69(81-66(86)20-26-97-28-30-99-32-34-101-36-38-103-40-41-104-39-37-102-35-33-100-31-29-98-27-22-77-65(85)19-23-82-67(87)17-18-68(82)88)72(91)79-53(5)70(89)80-55-15-13-54(14-16-55)49-107-75(94)84-59-46-64(62(96-7)44-57(59)73(92)83-48-52(4)42-60(83)74(84)93)106-25-10-8-9-24-105-63-45-58-56(43-61(63)95-6)71(90)78-47-51(3)12-11-21-76-58/h13-18,21,43-48,50,53,60,69,74,93H,8-12,19-20,22-42,49H2,1-7H3,(H,77,85)(H,78,90)(H,79,91)(H,80,89)(H,81,86)/b51-47-,76-21?/t53-,60-,69-,74-/m0/s1. The van der Waals surface area contributed by atoms with Crippen molar-refractivity contribution in [2.24, 2.45) is 10.9 Å². The van der Waals surface area contributed by atoms with Gasteiger partial charge in [-0.25, -0.2) is 9.69 Å². The molecule has 32 nitrogen and oxygen atoms in total. The van der Waals surface area contributed by atoms with E-state index in [1.54, 1.807) is 68.9 Å². The van der Waals surface area contributed by atoms with Gasteiger partial charge in [-0.2, -0.15) is 0 Å². The maximum atomic E-state index is 14.3. The Morgan fingerprint density at radius 1 is 0.617 bits per heavy atom. The lowest BCUT2D eigenvalue weighted by atomic mass is 10.0. The van der Waals surface area contributed by atoms with Gasteiger partial charge in [-0.1, -0.05) is 37.1 Å². The number of rotatable bonds is 48. The fraction of sp³-hybridized carbons (Fsp3) is 0.547. The Labute approximate surface area is 623 Å². The van der Waals surface area contributed by atoms with Crippen molar-refractivity contribution >= 4 is 76.6 Å². The van der Waals surface area contributed by atoms with Crippen LogP contribution in [0, 0.1) is 5.92 Å². The Bertz CT molecular complexity index is 3550. The number of ether oxygens (including phenoxy) is 13. The normalized spacial score (nSPS) is 16.5. The number of fused-ring (bicyclic) bond motifs is 3. The fourth-order valence-corrected chi connectivity index (χ4v) is 11.1. The topological polar surface area (TPSA) is 376 Å². The van der Waals surface area contributed by atoms with Gasteiger partial charge >= 0.3 is 6.09 Å². The molecule has 0 aromatic heterocycles. The number of aliphatic hydroxyl groups is 1. The number of aliphatic hydroxyl groups excluding tert-OH is 1. The number of carbonyl (C=O) groups is 9. The van der Waals surface area contributed by atoms with Crippen LogP contribution in [0.2, 0.25) is 0 Å². The van der Waals surface area contributed by atoms with Gasteiger partial charge in [0, 0.05) is 74.5 Å². The van der Waals surface area contributed by atoms with E-state index in [1.807, 2.05) is 13.8 Å². The van der Waals surface area contributed by atoms with E-state index in [0.29, 0.717) is 165 Å². The molecule has 9 amide bonds. The maximum Gasteiger partial charge on any atom is 0.416 e. The lowest BCUT2D eigenvalue weighted by Crippen LogP contribution is -2.53. The van der Waals surface area contributed by atoms with Crippen LogP contribution in [0.4, 0.5) is 21.9 Å². The Morgan fingerprint density at radius 3 is 1.74 bits per heavy atom. The van der Waals surface area contributed by atoms with E-state index in [1.165, 1.54) is 50.3 Å². The molecule has 0 bridgehead atoms. The minimum atomic E-state index is -1.53. The highest BCUT2D eigenvalue weighted by molar-refractivity contribution is 6.13. The highest BCUT2D eigenvalue weighted by atomic mass is 16.6. The molecule has 0 spiro atoms. The van der Waals surface area contributed by atoms with Gasteiger partial charge in [0.25, 0.3) is 23.6 Å². The van der Waals surface area contributed by atoms with E-state index in [2.05, 4.69) is 31.6 Å².